The van der Waals surface area contributed by atoms with Crippen LogP contribution in [0.2, 0.25) is 5.02 Å². The summed E-state index contributed by atoms with van der Waals surface area (Å²) in [4.78, 5) is -0.109. The second-order valence-corrected chi connectivity index (χ2v) is 7.07. The lowest BCUT2D eigenvalue weighted by atomic mass is 10.2. The van der Waals surface area contributed by atoms with Crippen molar-refractivity contribution in [3.05, 3.63) is 51.5 Å². The second kappa shape index (κ2) is 5.93. The molecule has 0 fully saturated rings. The minimum Gasteiger partial charge on any atom is -0.399 e. The Hall–Kier alpha value is -1.75. The topological polar surface area (TPSA) is 96.0 Å². The zero-order valence-electron chi connectivity index (χ0n) is 10.5. The highest BCUT2D eigenvalue weighted by atomic mass is 79.9. The van der Waals surface area contributed by atoms with E-state index < -0.39 is 10.0 Å². The number of nitrogens with one attached hydrogen (secondary N) is 1. The van der Waals surface area contributed by atoms with Gasteiger partial charge in [0.1, 0.15) is 11.0 Å². The van der Waals surface area contributed by atoms with E-state index in [2.05, 4.69) is 20.7 Å². The Morgan fingerprint density at radius 3 is 2.57 bits per heavy atom. The normalized spacial score (nSPS) is 10.9. The fraction of sp³-hybridized carbons (Fsp3) is 0. The summed E-state index contributed by atoms with van der Waals surface area (Å²) in [5.74, 6) is 0. The van der Waals surface area contributed by atoms with Crippen molar-refractivity contribution in [2.45, 2.75) is 4.90 Å². The van der Waals surface area contributed by atoms with Crippen LogP contribution in [-0.2, 0) is 10.0 Å². The highest BCUT2D eigenvalue weighted by Gasteiger charge is 2.19. The van der Waals surface area contributed by atoms with Gasteiger partial charge in [-0.05, 0) is 36.4 Å². The number of hydrogen-bond donors (Lipinski definition) is 2. The molecule has 0 saturated heterocycles. The maximum absolute atomic E-state index is 12.4. The molecule has 0 radical (unpaired) electrons. The van der Waals surface area contributed by atoms with Crippen LogP contribution in [0.15, 0.2) is 45.8 Å². The van der Waals surface area contributed by atoms with Crippen LogP contribution in [0.1, 0.15) is 5.56 Å². The Bertz CT molecular complexity index is 847. The molecule has 0 atom stereocenters. The van der Waals surface area contributed by atoms with Crippen LogP contribution in [-0.4, -0.2) is 8.42 Å². The van der Waals surface area contributed by atoms with Gasteiger partial charge in [0.25, 0.3) is 10.0 Å². The van der Waals surface area contributed by atoms with Gasteiger partial charge in [0.2, 0.25) is 0 Å². The van der Waals surface area contributed by atoms with E-state index in [4.69, 9.17) is 22.6 Å². The summed E-state index contributed by atoms with van der Waals surface area (Å²) in [5, 5.41) is 9.04. The highest BCUT2D eigenvalue weighted by Crippen LogP contribution is 2.28. The lowest BCUT2D eigenvalue weighted by Crippen LogP contribution is -2.14. The molecule has 0 bridgehead atoms. The minimum absolute atomic E-state index is 0.0102. The molecule has 2 rings (SSSR count). The highest BCUT2D eigenvalue weighted by molar-refractivity contribution is 9.10. The Labute approximate surface area is 135 Å². The molecule has 2 aromatic rings. The van der Waals surface area contributed by atoms with Gasteiger partial charge in [-0.1, -0.05) is 27.5 Å². The number of nitrogens with zero attached hydrogens (tertiary/aromatic N) is 1. The number of sulfonamides is 1. The first-order valence-electron chi connectivity index (χ1n) is 5.61. The number of halogens is 2. The van der Waals surface area contributed by atoms with Crippen LogP contribution in [0.4, 0.5) is 11.4 Å². The monoisotopic (exact) mass is 385 g/mol. The first-order chi connectivity index (χ1) is 9.83. The molecule has 108 valence electrons. The van der Waals surface area contributed by atoms with Gasteiger partial charge in [0, 0.05) is 10.2 Å². The molecule has 2 aromatic carbocycles. The standard InChI is InChI=1S/C13H9BrClN3O2S/c14-9-2-1-8(7-16)12(5-9)18-21(19,20)13-4-3-10(17)6-11(13)15/h1-6,18H,17H2. The summed E-state index contributed by atoms with van der Waals surface area (Å²) in [7, 11) is -3.92. The number of rotatable bonds is 3. The third kappa shape index (κ3) is 3.47. The number of hydrogen-bond acceptors (Lipinski definition) is 4. The molecule has 0 aliphatic heterocycles. The molecule has 5 nitrogen and oxygen atoms in total. The Balaban J connectivity index is 2.47. The summed E-state index contributed by atoms with van der Waals surface area (Å²) in [6.07, 6.45) is 0. The van der Waals surface area contributed by atoms with Gasteiger partial charge in [-0.2, -0.15) is 5.26 Å². The molecule has 0 aliphatic carbocycles. The van der Waals surface area contributed by atoms with Gasteiger partial charge in [-0.15, -0.1) is 0 Å². The quantitative estimate of drug-likeness (QED) is 0.791. The van der Waals surface area contributed by atoms with Crippen LogP contribution in [0, 0.1) is 11.3 Å². The van der Waals surface area contributed by atoms with Crippen molar-refractivity contribution >= 4 is 48.9 Å². The van der Waals surface area contributed by atoms with Crippen molar-refractivity contribution < 1.29 is 8.42 Å². The maximum Gasteiger partial charge on any atom is 0.263 e. The fourth-order valence-corrected chi connectivity index (χ4v) is 3.62. The van der Waals surface area contributed by atoms with Crippen LogP contribution >= 0.6 is 27.5 Å². The molecular weight excluding hydrogens is 378 g/mol. The molecule has 0 spiro atoms. The molecule has 21 heavy (non-hydrogen) atoms. The second-order valence-electron chi connectivity index (χ2n) is 4.10. The summed E-state index contributed by atoms with van der Waals surface area (Å²) in [5.41, 5.74) is 6.27. The van der Waals surface area contributed by atoms with Crippen molar-refractivity contribution in [2.24, 2.45) is 0 Å². The number of anilines is 2. The minimum atomic E-state index is -3.92. The lowest BCUT2D eigenvalue weighted by molar-refractivity contribution is 0.601. The largest absolute Gasteiger partial charge is 0.399 e. The van der Waals surface area contributed by atoms with E-state index in [-0.39, 0.29) is 21.2 Å². The predicted octanol–water partition coefficient (Wildman–Crippen LogP) is 3.36. The van der Waals surface area contributed by atoms with E-state index in [1.165, 1.54) is 30.3 Å². The Morgan fingerprint density at radius 1 is 1.24 bits per heavy atom. The first-order valence-corrected chi connectivity index (χ1v) is 8.26. The van der Waals surface area contributed by atoms with Crippen LogP contribution in [0.25, 0.3) is 0 Å². The third-order valence-electron chi connectivity index (χ3n) is 2.59. The molecule has 0 unspecified atom stereocenters. The smallest absolute Gasteiger partial charge is 0.263 e. The fourth-order valence-electron chi connectivity index (χ4n) is 1.63. The van der Waals surface area contributed by atoms with Gasteiger partial charge in [0.15, 0.2) is 0 Å². The van der Waals surface area contributed by atoms with Crippen LogP contribution in [0.3, 0.4) is 0 Å². The van der Waals surface area contributed by atoms with E-state index in [0.717, 1.165) is 0 Å². The van der Waals surface area contributed by atoms with Gasteiger partial charge in [0.05, 0.1) is 16.3 Å². The number of benzene rings is 2. The first kappa shape index (κ1) is 15.6. The molecule has 8 heteroatoms. The van der Waals surface area contributed by atoms with Crippen molar-refractivity contribution in [3.63, 3.8) is 0 Å². The van der Waals surface area contributed by atoms with Crippen LogP contribution < -0.4 is 10.5 Å². The molecule has 0 amide bonds. The zero-order valence-corrected chi connectivity index (χ0v) is 13.6. The van der Waals surface area contributed by atoms with E-state index >= 15 is 0 Å². The molecular formula is C13H9BrClN3O2S. The molecule has 3 N–H and O–H groups in total. The van der Waals surface area contributed by atoms with Crippen molar-refractivity contribution in [1.82, 2.24) is 0 Å². The Morgan fingerprint density at radius 2 is 1.95 bits per heavy atom. The van der Waals surface area contributed by atoms with Crippen LogP contribution in [0.5, 0.6) is 0 Å². The zero-order chi connectivity index (χ0) is 15.6. The van der Waals surface area contributed by atoms with Crippen molar-refractivity contribution in [2.75, 3.05) is 10.5 Å². The Kier molecular flexibility index (Phi) is 4.42. The van der Waals surface area contributed by atoms with E-state index in [1.807, 2.05) is 6.07 Å². The number of nitriles is 1. The van der Waals surface area contributed by atoms with E-state index in [1.54, 1.807) is 6.07 Å². The van der Waals surface area contributed by atoms with E-state index in [9.17, 15) is 8.42 Å². The molecule has 0 saturated carbocycles. The van der Waals surface area contributed by atoms with E-state index in [0.29, 0.717) is 10.2 Å². The van der Waals surface area contributed by atoms with Gasteiger partial charge >= 0.3 is 0 Å². The predicted molar refractivity (Wildman–Crippen MR) is 85.5 cm³/mol. The van der Waals surface area contributed by atoms with Gasteiger partial charge < -0.3 is 5.73 Å². The van der Waals surface area contributed by atoms with Crippen molar-refractivity contribution in [3.8, 4) is 6.07 Å². The van der Waals surface area contributed by atoms with Gasteiger partial charge in [-0.25, -0.2) is 8.42 Å². The average Bonchev–Trinajstić information content (AvgIpc) is 2.37. The maximum atomic E-state index is 12.4. The molecule has 0 aromatic heterocycles. The summed E-state index contributed by atoms with van der Waals surface area (Å²) in [6.45, 7) is 0. The SMILES string of the molecule is N#Cc1ccc(Br)cc1NS(=O)(=O)c1ccc(N)cc1Cl. The average molecular weight is 387 g/mol. The summed E-state index contributed by atoms with van der Waals surface area (Å²) in [6, 6.07) is 10.7. The van der Waals surface area contributed by atoms with Gasteiger partial charge in [-0.3, -0.25) is 4.72 Å². The number of nitrogen functional groups attached to an aromatic ring is 1. The molecule has 0 heterocycles. The third-order valence-corrected chi connectivity index (χ3v) is 4.93. The summed E-state index contributed by atoms with van der Waals surface area (Å²) >= 11 is 9.14. The van der Waals surface area contributed by atoms with Crippen molar-refractivity contribution in [1.29, 1.82) is 5.26 Å². The lowest BCUT2D eigenvalue weighted by Gasteiger charge is -2.11. The molecule has 0 aliphatic rings. The number of nitrogens with two attached hydrogens (primary N) is 1. The summed E-state index contributed by atoms with van der Waals surface area (Å²) < 4.78 is 27.7.